The van der Waals surface area contributed by atoms with Crippen LogP contribution < -0.4 is 10.6 Å². The van der Waals surface area contributed by atoms with Gasteiger partial charge in [0, 0.05) is 12.6 Å². The van der Waals surface area contributed by atoms with Crippen molar-refractivity contribution in [2.24, 2.45) is 5.73 Å². The maximum atomic E-state index is 12.7. The fourth-order valence-corrected chi connectivity index (χ4v) is 2.21. The van der Waals surface area contributed by atoms with Crippen molar-refractivity contribution in [3.63, 3.8) is 0 Å². The first kappa shape index (κ1) is 11.3. The zero-order valence-corrected chi connectivity index (χ0v) is 9.27. The van der Waals surface area contributed by atoms with Gasteiger partial charge >= 0.3 is 0 Å². The third-order valence-corrected chi connectivity index (χ3v) is 2.98. The SMILES string of the molecule is NCCCC1CCCN1c1ncc(F)cn1. The van der Waals surface area contributed by atoms with E-state index in [1.54, 1.807) is 0 Å². The lowest BCUT2D eigenvalue weighted by Crippen LogP contribution is -2.31. The molecule has 0 aliphatic carbocycles. The van der Waals surface area contributed by atoms with Gasteiger partial charge in [0.25, 0.3) is 0 Å². The highest BCUT2D eigenvalue weighted by atomic mass is 19.1. The average molecular weight is 224 g/mol. The zero-order chi connectivity index (χ0) is 11.4. The minimum atomic E-state index is -0.388. The first-order valence-electron chi connectivity index (χ1n) is 5.75. The van der Waals surface area contributed by atoms with Crippen LogP contribution in [-0.2, 0) is 0 Å². The van der Waals surface area contributed by atoms with Crippen LogP contribution in [-0.4, -0.2) is 29.1 Å². The fraction of sp³-hybridized carbons (Fsp3) is 0.636. The van der Waals surface area contributed by atoms with E-state index in [0.717, 1.165) is 32.2 Å². The summed E-state index contributed by atoms with van der Waals surface area (Å²) in [5.41, 5.74) is 5.51. The summed E-state index contributed by atoms with van der Waals surface area (Å²) < 4.78 is 12.7. The normalized spacial score (nSPS) is 20.4. The summed E-state index contributed by atoms with van der Waals surface area (Å²) >= 11 is 0. The van der Waals surface area contributed by atoms with Gasteiger partial charge < -0.3 is 10.6 Å². The number of nitrogens with zero attached hydrogens (tertiary/aromatic N) is 3. The number of rotatable bonds is 4. The van der Waals surface area contributed by atoms with E-state index in [4.69, 9.17) is 5.73 Å². The van der Waals surface area contributed by atoms with Gasteiger partial charge in [-0.2, -0.15) is 0 Å². The van der Waals surface area contributed by atoms with Crippen molar-refractivity contribution in [3.8, 4) is 0 Å². The molecule has 2 rings (SSSR count). The maximum absolute atomic E-state index is 12.7. The van der Waals surface area contributed by atoms with Crippen molar-refractivity contribution in [2.75, 3.05) is 18.0 Å². The summed E-state index contributed by atoms with van der Waals surface area (Å²) in [6.07, 6.45) is 6.83. The molecule has 0 saturated carbocycles. The Morgan fingerprint density at radius 2 is 2.19 bits per heavy atom. The van der Waals surface area contributed by atoms with Gasteiger partial charge in [0.2, 0.25) is 5.95 Å². The summed E-state index contributed by atoms with van der Waals surface area (Å²) in [5.74, 6) is 0.252. The molecule has 1 atom stereocenters. The summed E-state index contributed by atoms with van der Waals surface area (Å²) in [7, 11) is 0. The van der Waals surface area contributed by atoms with Crippen molar-refractivity contribution in [1.82, 2.24) is 9.97 Å². The van der Waals surface area contributed by atoms with Gasteiger partial charge in [-0.1, -0.05) is 0 Å². The highest BCUT2D eigenvalue weighted by Gasteiger charge is 2.25. The van der Waals surface area contributed by atoms with Gasteiger partial charge in [-0.25, -0.2) is 14.4 Å². The van der Waals surface area contributed by atoms with Crippen LogP contribution in [0.5, 0.6) is 0 Å². The van der Waals surface area contributed by atoms with E-state index in [-0.39, 0.29) is 5.82 Å². The van der Waals surface area contributed by atoms with E-state index in [9.17, 15) is 4.39 Å². The first-order chi connectivity index (χ1) is 7.81. The Labute approximate surface area is 94.7 Å². The van der Waals surface area contributed by atoms with E-state index < -0.39 is 0 Å². The molecule has 0 amide bonds. The van der Waals surface area contributed by atoms with Crippen LogP contribution in [0.2, 0.25) is 0 Å². The van der Waals surface area contributed by atoms with E-state index in [1.807, 2.05) is 0 Å². The van der Waals surface area contributed by atoms with Gasteiger partial charge in [0.15, 0.2) is 5.82 Å². The quantitative estimate of drug-likeness (QED) is 0.838. The number of anilines is 1. The fourth-order valence-electron chi connectivity index (χ4n) is 2.21. The van der Waals surface area contributed by atoms with Crippen LogP contribution in [0.1, 0.15) is 25.7 Å². The molecule has 1 aliphatic heterocycles. The Kier molecular flexibility index (Phi) is 3.66. The van der Waals surface area contributed by atoms with Crippen LogP contribution in [0.25, 0.3) is 0 Å². The molecule has 0 radical (unpaired) electrons. The lowest BCUT2D eigenvalue weighted by atomic mass is 10.1. The zero-order valence-electron chi connectivity index (χ0n) is 9.27. The summed E-state index contributed by atoms with van der Waals surface area (Å²) in [4.78, 5) is 10.2. The molecule has 1 saturated heterocycles. The molecule has 1 fully saturated rings. The standard InChI is InChI=1S/C11H17FN4/c12-9-7-14-11(15-8-9)16-6-2-4-10(16)3-1-5-13/h7-8,10H,1-6,13H2. The molecule has 16 heavy (non-hydrogen) atoms. The molecule has 1 aliphatic rings. The van der Waals surface area contributed by atoms with Crippen molar-refractivity contribution >= 4 is 5.95 Å². The number of hydrogen-bond donors (Lipinski definition) is 1. The van der Waals surface area contributed by atoms with Crippen LogP contribution in [0.3, 0.4) is 0 Å². The van der Waals surface area contributed by atoms with Crippen LogP contribution in [0.15, 0.2) is 12.4 Å². The summed E-state index contributed by atoms with van der Waals surface area (Å²) in [6, 6.07) is 0.467. The largest absolute Gasteiger partial charge is 0.338 e. The Bertz CT molecular complexity index is 327. The highest BCUT2D eigenvalue weighted by Crippen LogP contribution is 2.24. The Morgan fingerprint density at radius 1 is 1.44 bits per heavy atom. The lowest BCUT2D eigenvalue weighted by Gasteiger charge is -2.24. The number of hydrogen-bond acceptors (Lipinski definition) is 4. The number of aromatic nitrogens is 2. The average Bonchev–Trinajstić information content (AvgIpc) is 2.75. The molecule has 5 heteroatoms. The molecule has 1 unspecified atom stereocenters. The first-order valence-corrected chi connectivity index (χ1v) is 5.75. The summed E-state index contributed by atoms with van der Waals surface area (Å²) in [6.45, 7) is 1.68. The van der Waals surface area contributed by atoms with Gasteiger partial charge in [-0.3, -0.25) is 0 Å². The smallest absolute Gasteiger partial charge is 0.225 e. The summed E-state index contributed by atoms with van der Waals surface area (Å²) in [5, 5.41) is 0. The van der Waals surface area contributed by atoms with Gasteiger partial charge in [0.05, 0.1) is 12.4 Å². The van der Waals surface area contributed by atoms with Crippen LogP contribution in [0.4, 0.5) is 10.3 Å². The van der Waals surface area contributed by atoms with E-state index in [0.29, 0.717) is 18.5 Å². The molecule has 1 aromatic rings. The Hall–Kier alpha value is -1.23. The van der Waals surface area contributed by atoms with Gasteiger partial charge in [-0.05, 0) is 32.2 Å². The molecule has 88 valence electrons. The molecule has 0 spiro atoms. The third kappa shape index (κ3) is 2.47. The van der Waals surface area contributed by atoms with Gasteiger partial charge in [-0.15, -0.1) is 0 Å². The molecule has 2 N–H and O–H groups in total. The predicted molar refractivity (Wildman–Crippen MR) is 60.6 cm³/mol. The van der Waals surface area contributed by atoms with E-state index >= 15 is 0 Å². The van der Waals surface area contributed by atoms with Crippen LogP contribution in [0, 0.1) is 5.82 Å². The minimum Gasteiger partial charge on any atom is -0.338 e. The molecule has 0 aromatic carbocycles. The molecule has 2 heterocycles. The Morgan fingerprint density at radius 3 is 2.88 bits per heavy atom. The second-order valence-corrected chi connectivity index (χ2v) is 4.12. The highest BCUT2D eigenvalue weighted by molar-refractivity contribution is 5.32. The molecular formula is C11H17FN4. The second-order valence-electron chi connectivity index (χ2n) is 4.12. The lowest BCUT2D eigenvalue weighted by molar-refractivity contribution is 0.572. The molecule has 1 aromatic heterocycles. The number of halogens is 1. The van der Waals surface area contributed by atoms with Crippen molar-refractivity contribution in [3.05, 3.63) is 18.2 Å². The predicted octanol–water partition coefficient (Wildman–Crippen LogP) is 1.32. The van der Waals surface area contributed by atoms with E-state index in [2.05, 4.69) is 14.9 Å². The van der Waals surface area contributed by atoms with Crippen molar-refractivity contribution < 1.29 is 4.39 Å². The molecular weight excluding hydrogens is 207 g/mol. The number of nitrogens with two attached hydrogens (primary N) is 1. The topological polar surface area (TPSA) is 55.0 Å². The van der Waals surface area contributed by atoms with E-state index in [1.165, 1.54) is 12.4 Å². The van der Waals surface area contributed by atoms with Gasteiger partial charge in [0.1, 0.15) is 0 Å². The van der Waals surface area contributed by atoms with Crippen molar-refractivity contribution in [1.29, 1.82) is 0 Å². The molecule has 4 nitrogen and oxygen atoms in total. The maximum Gasteiger partial charge on any atom is 0.225 e. The Balaban J connectivity index is 2.04. The monoisotopic (exact) mass is 224 g/mol. The second kappa shape index (κ2) is 5.21. The van der Waals surface area contributed by atoms with Crippen molar-refractivity contribution in [2.45, 2.75) is 31.7 Å². The third-order valence-electron chi connectivity index (χ3n) is 2.98. The molecule has 0 bridgehead atoms. The van der Waals surface area contributed by atoms with Crippen LogP contribution >= 0.6 is 0 Å². The minimum absolute atomic E-state index is 0.388.